The highest BCUT2D eigenvalue weighted by atomic mass is 19.1. The average molecular weight is 271 g/mol. The van der Waals surface area contributed by atoms with Crippen molar-refractivity contribution in [2.45, 2.75) is 6.92 Å². The molecule has 3 aromatic rings. The van der Waals surface area contributed by atoms with E-state index in [4.69, 9.17) is 5.11 Å². The van der Waals surface area contributed by atoms with E-state index in [0.717, 1.165) is 5.56 Å². The van der Waals surface area contributed by atoms with Gasteiger partial charge in [0, 0.05) is 11.8 Å². The van der Waals surface area contributed by atoms with E-state index in [1.54, 1.807) is 16.5 Å². The molecule has 0 aliphatic heterocycles. The second-order valence-corrected chi connectivity index (χ2v) is 4.43. The zero-order valence-electron chi connectivity index (χ0n) is 10.5. The van der Waals surface area contributed by atoms with Crippen LogP contribution in [0.25, 0.3) is 17.0 Å². The first-order chi connectivity index (χ1) is 9.56. The topological polar surface area (TPSA) is 67.5 Å². The summed E-state index contributed by atoms with van der Waals surface area (Å²) in [6.45, 7) is 1.83. The summed E-state index contributed by atoms with van der Waals surface area (Å²) in [7, 11) is 0. The van der Waals surface area contributed by atoms with Crippen molar-refractivity contribution in [3.8, 4) is 11.4 Å². The second kappa shape index (κ2) is 4.41. The summed E-state index contributed by atoms with van der Waals surface area (Å²) >= 11 is 0. The fraction of sp³-hybridized carbons (Fsp3) is 0.0714. The van der Waals surface area contributed by atoms with Crippen LogP contribution >= 0.6 is 0 Å². The van der Waals surface area contributed by atoms with Gasteiger partial charge in [0.1, 0.15) is 5.82 Å². The van der Waals surface area contributed by atoms with Gasteiger partial charge in [-0.2, -0.15) is 0 Å². The van der Waals surface area contributed by atoms with Crippen LogP contribution < -0.4 is 0 Å². The van der Waals surface area contributed by atoms with Gasteiger partial charge in [0.2, 0.25) is 0 Å². The van der Waals surface area contributed by atoms with Gasteiger partial charge in [-0.3, -0.25) is 4.40 Å². The fourth-order valence-corrected chi connectivity index (χ4v) is 2.04. The van der Waals surface area contributed by atoms with Gasteiger partial charge in [-0.1, -0.05) is 6.07 Å². The van der Waals surface area contributed by atoms with Crippen LogP contribution in [0.15, 0.2) is 36.5 Å². The number of pyridine rings is 1. The number of aryl methyl sites for hydroxylation is 1. The predicted molar refractivity (Wildman–Crippen MR) is 70.1 cm³/mol. The lowest BCUT2D eigenvalue weighted by Gasteiger charge is -2.05. The molecule has 6 heteroatoms. The Bertz CT molecular complexity index is 826. The van der Waals surface area contributed by atoms with Crippen LogP contribution in [0.2, 0.25) is 0 Å². The Morgan fingerprint density at radius 2 is 2.05 bits per heavy atom. The number of hydrogen-bond acceptors (Lipinski definition) is 3. The van der Waals surface area contributed by atoms with Crippen LogP contribution in [0, 0.1) is 12.7 Å². The molecule has 0 radical (unpaired) electrons. The number of hydrogen-bond donors (Lipinski definition) is 1. The van der Waals surface area contributed by atoms with Crippen LogP contribution in [-0.4, -0.2) is 25.7 Å². The molecule has 0 aliphatic carbocycles. The molecule has 0 bridgehead atoms. The minimum atomic E-state index is -1.04. The van der Waals surface area contributed by atoms with Gasteiger partial charge in [-0.05, 0) is 36.8 Å². The molecule has 0 unspecified atom stereocenters. The number of aromatic nitrogens is 3. The molecule has 5 nitrogen and oxygen atoms in total. The van der Waals surface area contributed by atoms with E-state index in [0.29, 0.717) is 17.0 Å². The highest BCUT2D eigenvalue weighted by Gasteiger charge is 2.13. The number of carbonyl (C=O) groups is 1. The van der Waals surface area contributed by atoms with E-state index in [-0.39, 0.29) is 11.4 Å². The number of carboxylic acid groups (broad SMARTS) is 1. The molecule has 0 atom stereocenters. The van der Waals surface area contributed by atoms with Crippen LogP contribution in [0.3, 0.4) is 0 Å². The van der Waals surface area contributed by atoms with Gasteiger partial charge < -0.3 is 5.11 Å². The molecule has 100 valence electrons. The minimum absolute atomic E-state index is 0.118. The lowest BCUT2D eigenvalue weighted by Crippen LogP contribution is -2.00. The molecule has 1 aromatic carbocycles. The molecule has 0 aliphatic rings. The molecular weight excluding hydrogens is 261 g/mol. The Morgan fingerprint density at radius 1 is 1.25 bits per heavy atom. The van der Waals surface area contributed by atoms with Crippen LogP contribution in [0.5, 0.6) is 0 Å². The van der Waals surface area contributed by atoms with Crippen molar-refractivity contribution in [2.75, 3.05) is 0 Å². The Balaban J connectivity index is 2.28. The van der Waals surface area contributed by atoms with Crippen molar-refractivity contribution in [2.24, 2.45) is 0 Å². The van der Waals surface area contributed by atoms with Gasteiger partial charge in [-0.25, -0.2) is 9.18 Å². The maximum Gasteiger partial charge on any atom is 0.337 e. The maximum atomic E-state index is 13.4. The van der Waals surface area contributed by atoms with Gasteiger partial charge >= 0.3 is 5.97 Å². The van der Waals surface area contributed by atoms with Crippen molar-refractivity contribution in [1.82, 2.24) is 14.6 Å². The largest absolute Gasteiger partial charge is 0.478 e. The Kier molecular flexibility index (Phi) is 2.71. The molecule has 2 heterocycles. The number of rotatable bonds is 2. The fourth-order valence-electron chi connectivity index (χ4n) is 2.04. The van der Waals surface area contributed by atoms with Crippen LogP contribution in [-0.2, 0) is 0 Å². The molecule has 1 N–H and O–H groups in total. The molecule has 3 rings (SSSR count). The van der Waals surface area contributed by atoms with Gasteiger partial charge in [0.15, 0.2) is 11.5 Å². The average Bonchev–Trinajstić information content (AvgIpc) is 2.84. The Labute approximate surface area is 113 Å². The highest BCUT2D eigenvalue weighted by Crippen LogP contribution is 2.23. The maximum absolute atomic E-state index is 13.4. The summed E-state index contributed by atoms with van der Waals surface area (Å²) in [6.07, 6.45) is 1.43. The van der Waals surface area contributed by atoms with Crippen molar-refractivity contribution < 1.29 is 14.3 Å². The van der Waals surface area contributed by atoms with E-state index >= 15 is 0 Å². The summed E-state index contributed by atoms with van der Waals surface area (Å²) in [4.78, 5) is 11.0. The SMILES string of the molecule is Cc1ccc(F)cc1-c1nnc2ccc(C(=O)O)cn12. The van der Waals surface area contributed by atoms with E-state index in [1.165, 1.54) is 24.4 Å². The molecule has 20 heavy (non-hydrogen) atoms. The number of carboxylic acids is 1. The molecule has 0 saturated carbocycles. The van der Waals surface area contributed by atoms with E-state index in [2.05, 4.69) is 10.2 Å². The third-order valence-corrected chi connectivity index (χ3v) is 3.09. The summed E-state index contributed by atoms with van der Waals surface area (Å²) in [6, 6.07) is 7.39. The van der Waals surface area contributed by atoms with E-state index < -0.39 is 5.97 Å². The molecular formula is C14H10FN3O2. The standard InChI is InChI=1S/C14H10FN3O2/c1-8-2-4-10(15)6-11(8)13-17-16-12-5-3-9(14(19)20)7-18(12)13/h2-7H,1H3,(H,19,20). The summed E-state index contributed by atoms with van der Waals surface area (Å²) < 4.78 is 14.9. The zero-order valence-corrected chi connectivity index (χ0v) is 10.5. The van der Waals surface area contributed by atoms with Crippen molar-refractivity contribution in [3.05, 3.63) is 53.5 Å². The number of halogens is 1. The first-order valence-corrected chi connectivity index (χ1v) is 5.91. The van der Waals surface area contributed by atoms with Gasteiger partial charge in [0.25, 0.3) is 0 Å². The first kappa shape index (κ1) is 12.3. The third kappa shape index (κ3) is 1.91. The molecule has 2 aromatic heterocycles. The van der Waals surface area contributed by atoms with Gasteiger partial charge in [0.05, 0.1) is 5.56 Å². The zero-order chi connectivity index (χ0) is 14.3. The van der Waals surface area contributed by atoms with Gasteiger partial charge in [-0.15, -0.1) is 10.2 Å². The molecule has 0 amide bonds. The minimum Gasteiger partial charge on any atom is -0.478 e. The summed E-state index contributed by atoms with van der Waals surface area (Å²) in [5.41, 5.74) is 2.04. The molecule has 0 fully saturated rings. The predicted octanol–water partition coefficient (Wildman–Crippen LogP) is 2.54. The number of benzene rings is 1. The monoisotopic (exact) mass is 271 g/mol. The number of aromatic carboxylic acids is 1. The quantitative estimate of drug-likeness (QED) is 0.777. The Hall–Kier alpha value is -2.76. The smallest absolute Gasteiger partial charge is 0.337 e. The van der Waals surface area contributed by atoms with E-state index in [1.807, 2.05) is 6.92 Å². The van der Waals surface area contributed by atoms with Crippen LogP contribution in [0.4, 0.5) is 4.39 Å². The normalized spacial score (nSPS) is 10.9. The lowest BCUT2D eigenvalue weighted by molar-refractivity contribution is 0.0696. The van der Waals surface area contributed by atoms with Crippen molar-refractivity contribution >= 4 is 11.6 Å². The number of nitrogens with zero attached hydrogens (tertiary/aromatic N) is 3. The van der Waals surface area contributed by atoms with Crippen molar-refractivity contribution in [3.63, 3.8) is 0 Å². The molecule has 0 saturated heterocycles. The summed E-state index contributed by atoms with van der Waals surface area (Å²) in [5.74, 6) is -1.00. The van der Waals surface area contributed by atoms with Crippen molar-refractivity contribution in [1.29, 1.82) is 0 Å². The lowest BCUT2D eigenvalue weighted by atomic mass is 10.1. The first-order valence-electron chi connectivity index (χ1n) is 5.91. The summed E-state index contributed by atoms with van der Waals surface area (Å²) in [5, 5.41) is 17.0. The Morgan fingerprint density at radius 3 is 2.80 bits per heavy atom. The molecule has 0 spiro atoms. The van der Waals surface area contributed by atoms with Crippen LogP contribution in [0.1, 0.15) is 15.9 Å². The highest BCUT2D eigenvalue weighted by molar-refractivity contribution is 5.87. The number of fused-ring (bicyclic) bond motifs is 1. The second-order valence-electron chi connectivity index (χ2n) is 4.43. The van der Waals surface area contributed by atoms with E-state index in [9.17, 15) is 9.18 Å². The third-order valence-electron chi connectivity index (χ3n) is 3.09.